The lowest BCUT2D eigenvalue weighted by atomic mass is 10.2. The van der Waals surface area contributed by atoms with Crippen molar-refractivity contribution in [3.05, 3.63) is 82.1 Å². The Labute approximate surface area is 172 Å². The monoisotopic (exact) mass is 433 g/mol. The number of sulfonamides is 1. The molecule has 28 heavy (non-hydrogen) atoms. The van der Waals surface area contributed by atoms with Gasteiger partial charge in [0.2, 0.25) is 0 Å². The second-order valence-electron chi connectivity index (χ2n) is 5.61. The summed E-state index contributed by atoms with van der Waals surface area (Å²) in [6.07, 6.45) is 1.66. The lowest BCUT2D eigenvalue weighted by molar-refractivity contribution is 0.301. The molecule has 1 N–H and O–H groups in total. The van der Waals surface area contributed by atoms with Gasteiger partial charge in [-0.2, -0.15) is 5.26 Å². The SMILES string of the molecule is N#Cc1ccc(Cl)cc1S(=O)(=O)Nc1ccc(OCc2ccccn2)c(Cl)c1. The molecule has 0 atom stereocenters. The molecule has 0 aliphatic rings. The van der Waals surface area contributed by atoms with E-state index in [2.05, 4.69) is 9.71 Å². The molecule has 3 rings (SSSR count). The van der Waals surface area contributed by atoms with Crippen LogP contribution in [0.5, 0.6) is 5.75 Å². The van der Waals surface area contributed by atoms with Crippen molar-refractivity contribution in [1.29, 1.82) is 5.26 Å². The third-order valence-corrected chi connectivity index (χ3v) is 5.59. The highest BCUT2D eigenvalue weighted by Gasteiger charge is 2.20. The molecule has 3 aromatic rings. The lowest BCUT2D eigenvalue weighted by Gasteiger charge is -2.12. The number of hydrogen-bond acceptors (Lipinski definition) is 5. The van der Waals surface area contributed by atoms with Crippen molar-refractivity contribution in [1.82, 2.24) is 4.98 Å². The first-order valence-corrected chi connectivity index (χ1v) is 10.2. The molecule has 6 nitrogen and oxygen atoms in total. The Balaban J connectivity index is 1.79. The van der Waals surface area contributed by atoms with Crippen LogP contribution in [0.2, 0.25) is 10.0 Å². The van der Waals surface area contributed by atoms with Gasteiger partial charge in [0.15, 0.2) is 0 Å². The molecular weight excluding hydrogens is 421 g/mol. The Hall–Kier alpha value is -2.79. The molecule has 9 heteroatoms. The zero-order chi connectivity index (χ0) is 20.1. The molecule has 0 fully saturated rings. The van der Waals surface area contributed by atoms with Crippen LogP contribution in [0.4, 0.5) is 5.69 Å². The van der Waals surface area contributed by atoms with Crippen molar-refractivity contribution in [2.24, 2.45) is 0 Å². The van der Waals surface area contributed by atoms with Crippen molar-refractivity contribution >= 4 is 38.9 Å². The number of pyridine rings is 1. The van der Waals surface area contributed by atoms with Crippen LogP contribution in [0, 0.1) is 11.3 Å². The summed E-state index contributed by atoms with van der Waals surface area (Å²) in [6, 6.07) is 15.8. The molecule has 1 heterocycles. The first kappa shape index (κ1) is 20.0. The molecule has 1 aromatic heterocycles. The average Bonchev–Trinajstić information content (AvgIpc) is 2.68. The Morgan fingerprint density at radius 1 is 1.11 bits per heavy atom. The minimum absolute atomic E-state index is 0.0155. The zero-order valence-corrected chi connectivity index (χ0v) is 16.6. The average molecular weight is 434 g/mol. The van der Waals surface area contributed by atoms with Gasteiger partial charge in [0.1, 0.15) is 23.3 Å². The van der Waals surface area contributed by atoms with Crippen LogP contribution >= 0.6 is 23.2 Å². The summed E-state index contributed by atoms with van der Waals surface area (Å²) in [5.41, 5.74) is 0.936. The molecule has 0 saturated carbocycles. The molecule has 2 aromatic carbocycles. The number of aromatic nitrogens is 1. The van der Waals surface area contributed by atoms with Crippen LogP contribution < -0.4 is 9.46 Å². The van der Waals surface area contributed by atoms with Crippen LogP contribution in [0.3, 0.4) is 0 Å². The molecule has 0 unspecified atom stereocenters. The molecular formula is C19H13Cl2N3O3S. The van der Waals surface area contributed by atoms with Gasteiger partial charge in [0.25, 0.3) is 10.0 Å². The van der Waals surface area contributed by atoms with E-state index in [4.69, 9.17) is 33.2 Å². The van der Waals surface area contributed by atoms with Crippen LogP contribution in [0.25, 0.3) is 0 Å². The fraction of sp³-hybridized carbons (Fsp3) is 0.0526. The summed E-state index contributed by atoms with van der Waals surface area (Å²) in [5, 5.41) is 9.57. The summed E-state index contributed by atoms with van der Waals surface area (Å²) < 4.78 is 33.3. The highest BCUT2D eigenvalue weighted by atomic mass is 35.5. The van der Waals surface area contributed by atoms with E-state index in [1.807, 2.05) is 18.2 Å². The largest absolute Gasteiger partial charge is 0.486 e. The maximum Gasteiger partial charge on any atom is 0.263 e. The highest BCUT2D eigenvalue weighted by molar-refractivity contribution is 7.92. The lowest BCUT2D eigenvalue weighted by Crippen LogP contribution is -2.14. The van der Waals surface area contributed by atoms with Crippen LogP contribution in [0.15, 0.2) is 65.7 Å². The van der Waals surface area contributed by atoms with E-state index in [0.29, 0.717) is 5.75 Å². The first-order chi connectivity index (χ1) is 13.4. The van der Waals surface area contributed by atoms with Crippen molar-refractivity contribution < 1.29 is 13.2 Å². The normalized spacial score (nSPS) is 10.9. The molecule has 0 spiro atoms. The fourth-order valence-electron chi connectivity index (χ4n) is 2.34. The van der Waals surface area contributed by atoms with Crippen molar-refractivity contribution in [3.8, 4) is 11.8 Å². The Bertz CT molecular complexity index is 1150. The number of anilines is 1. The maximum absolute atomic E-state index is 12.6. The van der Waals surface area contributed by atoms with Gasteiger partial charge in [0, 0.05) is 11.2 Å². The number of benzene rings is 2. The van der Waals surface area contributed by atoms with Crippen molar-refractivity contribution in [3.63, 3.8) is 0 Å². The quantitative estimate of drug-likeness (QED) is 0.610. The molecule has 142 valence electrons. The first-order valence-electron chi connectivity index (χ1n) is 7.94. The highest BCUT2D eigenvalue weighted by Crippen LogP contribution is 2.30. The van der Waals surface area contributed by atoms with E-state index < -0.39 is 10.0 Å². The van der Waals surface area contributed by atoms with Gasteiger partial charge in [-0.05, 0) is 48.5 Å². The molecule has 0 radical (unpaired) electrons. The fourth-order valence-corrected chi connectivity index (χ4v) is 4.04. The smallest absolute Gasteiger partial charge is 0.263 e. The van der Waals surface area contributed by atoms with Crippen LogP contribution in [-0.4, -0.2) is 13.4 Å². The Morgan fingerprint density at radius 2 is 1.93 bits per heavy atom. The van der Waals surface area contributed by atoms with Crippen LogP contribution in [-0.2, 0) is 16.6 Å². The molecule has 0 bridgehead atoms. The van der Waals surface area contributed by atoms with E-state index in [-0.39, 0.29) is 32.8 Å². The van der Waals surface area contributed by atoms with Gasteiger partial charge in [-0.25, -0.2) is 8.42 Å². The van der Waals surface area contributed by atoms with Gasteiger partial charge < -0.3 is 4.74 Å². The van der Waals surface area contributed by atoms with Gasteiger partial charge >= 0.3 is 0 Å². The summed E-state index contributed by atoms with van der Waals surface area (Å²) in [7, 11) is -4.03. The summed E-state index contributed by atoms with van der Waals surface area (Å²) in [5.74, 6) is 0.385. The number of rotatable bonds is 6. The number of nitriles is 1. The van der Waals surface area contributed by atoms with E-state index in [0.717, 1.165) is 5.69 Å². The number of ether oxygens (including phenoxy) is 1. The second-order valence-corrected chi connectivity index (χ2v) is 8.11. The number of halogens is 2. The Morgan fingerprint density at radius 3 is 2.61 bits per heavy atom. The molecule has 0 aliphatic heterocycles. The number of nitrogens with one attached hydrogen (secondary N) is 1. The zero-order valence-electron chi connectivity index (χ0n) is 14.3. The topological polar surface area (TPSA) is 92.1 Å². The minimum atomic E-state index is -4.03. The van der Waals surface area contributed by atoms with E-state index in [9.17, 15) is 8.42 Å². The van der Waals surface area contributed by atoms with Gasteiger partial charge in [-0.15, -0.1) is 0 Å². The number of hydrogen-bond donors (Lipinski definition) is 1. The Kier molecular flexibility index (Phi) is 6.05. The summed E-state index contributed by atoms with van der Waals surface area (Å²) in [4.78, 5) is 3.94. The second kappa shape index (κ2) is 8.48. The number of nitrogens with zero attached hydrogens (tertiary/aromatic N) is 2. The molecule has 0 saturated heterocycles. The minimum Gasteiger partial charge on any atom is -0.486 e. The van der Waals surface area contributed by atoms with Gasteiger partial charge in [0.05, 0.1) is 22.0 Å². The van der Waals surface area contributed by atoms with Crippen molar-refractivity contribution in [2.45, 2.75) is 11.5 Å². The van der Waals surface area contributed by atoms with Crippen molar-refractivity contribution in [2.75, 3.05) is 4.72 Å². The predicted molar refractivity (Wildman–Crippen MR) is 107 cm³/mol. The molecule has 0 amide bonds. The van der Waals surface area contributed by atoms with E-state index in [1.165, 1.54) is 30.3 Å². The van der Waals surface area contributed by atoms with Gasteiger partial charge in [-0.3, -0.25) is 9.71 Å². The third kappa shape index (κ3) is 4.73. The summed E-state index contributed by atoms with van der Waals surface area (Å²) >= 11 is 12.1. The predicted octanol–water partition coefficient (Wildman–Crippen LogP) is 4.64. The third-order valence-electron chi connectivity index (χ3n) is 3.64. The standard InChI is InChI=1S/C19H13Cl2N3O3S/c20-14-5-4-13(11-22)19(9-14)28(25,26)24-15-6-7-18(17(21)10-15)27-12-16-3-1-2-8-23-16/h1-10,24H,12H2. The molecule has 0 aliphatic carbocycles. The summed E-state index contributed by atoms with van der Waals surface area (Å²) in [6.45, 7) is 0.222. The van der Waals surface area contributed by atoms with Gasteiger partial charge in [-0.1, -0.05) is 29.3 Å². The van der Waals surface area contributed by atoms with Crippen LogP contribution in [0.1, 0.15) is 11.3 Å². The van der Waals surface area contributed by atoms with E-state index >= 15 is 0 Å². The van der Waals surface area contributed by atoms with E-state index in [1.54, 1.807) is 18.3 Å². The maximum atomic E-state index is 12.6.